The fourth-order valence-electron chi connectivity index (χ4n) is 2.81. The fourth-order valence-corrected chi connectivity index (χ4v) is 4.25. The minimum atomic E-state index is 0.436. The summed E-state index contributed by atoms with van der Waals surface area (Å²) in [4.78, 5) is 4.45. The van der Waals surface area contributed by atoms with Gasteiger partial charge in [-0.1, -0.05) is 18.2 Å². The van der Waals surface area contributed by atoms with Crippen molar-refractivity contribution in [2.45, 2.75) is 24.1 Å². The Bertz CT molecular complexity index is 530. The molecule has 2 atom stereocenters. The molecule has 2 unspecified atom stereocenters. The zero-order valence-corrected chi connectivity index (χ0v) is 11.4. The maximum absolute atomic E-state index is 4.45. The number of benzene rings is 1. The molecular weight excluding hydrogens is 240 g/mol. The molecule has 2 heterocycles. The van der Waals surface area contributed by atoms with Gasteiger partial charge in [0.05, 0.1) is 5.52 Å². The summed E-state index contributed by atoms with van der Waals surface area (Å²) >= 11 is 2.10. The molecule has 3 rings (SSSR count). The molecule has 1 fully saturated rings. The summed E-state index contributed by atoms with van der Waals surface area (Å²) in [6.45, 7) is 0. The molecule has 0 bridgehead atoms. The van der Waals surface area contributed by atoms with Gasteiger partial charge in [0.1, 0.15) is 0 Å². The van der Waals surface area contributed by atoms with Crippen LogP contribution in [0.4, 0.5) is 0 Å². The Morgan fingerprint density at radius 2 is 2.28 bits per heavy atom. The summed E-state index contributed by atoms with van der Waals surface area (Å²) in [5.41, 5.74) is 2.49. The monoisotopic (exact) mass is 258 g/mol. The van der Waals surface area contributed by atoms with Crippen LogP contribution < -0.4 is 5.32 Å². The van der Waals surface area contributed by atoms with Gasteiger partial charge >= 0.3 is 0 Å². The maximum Gasteiger partial charge on any atom is 0.0705 e. The Morgan fingerprint density at radius 3 is 3.06 bits per heavy atom. The summed E-state index contributed by atoms with van der Waals surface area (Å²) in [7, 11) is 2.07. The second kappa shape index (κ2) is 5.29. The summed E-state index contributed by atoms with van der Waals surface area (Å²) in [6, 6.07) is 11.1. The third-order valence-corrected chi connectivity index (χ3v) is 5.12. The van der Waals surface area contributed by atoms with Crippen LogP contribution in [0.15, 0.2) is 36.5 Å². The molecule has 1 aliphatic heterocycles. The zero-order valence-electron chi connectivity index (χ0n) is 10.6. The van der Waals surface area contributed by atoms with Crippen LogP contribution in [-0.4, -0.2) is 23.0 Å². The Hall–Kier alpha value is -1.06. The van der Waals surface area contributed by atoms with Crippen LogP contribution in [0, 0.1) is 0 Å². The van der Waals surface area contributed by atoms with E-state index in [0.717, 1.165) is 5.52 Å². The molecule has 0 saturated carbocycles. The Balaban J connectivity index is 2.06. The smallest absolute Gasteiger partial charge is 0.0705 e. The predicted octanol–water partition coefficient (Wildman–Crippen LogP) is 3.39. The highest BCUT2D eigenvalue weighted by atomic mass is 32.2. The van der Waals surface area contributed by atoms with Crippen molar-refractivity contribution in [2.24, 2.45) is 0 Å². The highest BCUT2D eigenvalue weighted by Crippen LogP contribution is 2.37. The van der Waals surface area contributed by atoms with Crippen molar-refractivity contribution in [1.29, 1.82) is 0 Å². The van der Waals surface area contributed by atoms with Crippen LogP contribution in [-0.2, 0) is 0 Å². The first-order valence-corrected chi connectivity index (χ1v) is 7.57. The lowest BCUT2D eigenvalue weighted by Crippen LogP contribution is -2.25. The van der Waals surface area contributed by atoms with Crippen molar-refractivity contribution in [3.8, 4) is 0 Å². The van der Waals surface area contributed by atoms with E-state index in [1.54, 1.807) is 0 Å². The molecule has 18 heavy (non-hydrogen) atoms. The van der Waals surface area contributed by atoms with E-state index in [0.29, 0.717) is 11.3 Å². The van der Waals surface area contributed by atoms with Gasteiger partial charge in [-0.15, -0.1) is 0 Å². The molecule has 1 N–H and O–H groups in total. The van der Waals surface area contributed by atoms with Gasteiger partial charge in [0.25, 0.3) is 0 Å². The number of nitrogens with zero attached hydrogens (tertiary/aromatic N) is 1. The molecule has 1 aromatic carbocycles. The summed E-state index contributed by atoms with van der Waals surface area (Å²) in [5.74, 6) is 1.30. The van der Waals surface area contributed by atoms with Gasteiger partial charge in [-0.25, -0.2) is 0 Å². The Labute approximate surface area is 112 Å². The number of thioether (sulfide) groups is 1. The summed E-state index contributed by atoms with van der Waals surface area (Å²) in [6.07, 6.45) is 4.52. The predicted molar refractivity (Wildman–Crippen MR) is 79.0 cm³/mol. The normalized spacial score (nSPS) is 21.3. The maximum atomic E-state index is 4.45. The number of pyridine rings is 1. The van der Waals surface area contributed by atoms with E-state index in [2.05, 4.69) is 53.4 Å². The molecule has 94 valence electrons. The molecule has 1 aliphatic rings. The Kier molecular flexibility index (Phi) is 3.52. The van der Waals surface area contributed by atoms with E-state index in [-0.39, 0.29) is 0 Å². The van der Waals surface area contributed by atoms with E-state index in [1.165, 1.54) is 29.5 Å². The van der Waals surface area contributed by atoms with Crippen LogP contribution in [0.2, 0.25) is 0 Å². The van der Waals surface area contributed by atoms with Crippen molar-refractivity contribution in [1.82, 2.24) is 10.3 Å². The number of nitrogens with one attached hydrogen (secondary N) is 1. The van der Waals surface area contributed by atoms with Crippen molar-refractivity contribution >= 4 is 22.7 Å². The molecule has 0 spiro atoms. The average molecular weight is 258 g/mol. The highest BCUT2D eigenvalue weighted by Gasteiger charge is 2.26. The first-order chi connectivity index (χ1) is 8.90. The molecule has 2 aromatic rings. The van der Waals surface area contributed by atoms with Gasteiger partial charge in [0, 0.05) is 22.9 Å². The van der Waals surface area contributed by atoms with Gasteiger partial charge < -0.3 is 5.32 Å². The topological polar surface area (TPSA) is 24.9 Å². The van der Waals surface area contributed by atoms with Crippen LogP contribution >= 0.6 is 11.8 Å². The van der Waals surface area contributed by atoms with Crippen LogP contribution in [0.5, 0.6) is 0 Å². The molecule has 0 aliphatic carbocycles. The molecule has 2 nitrogen and oxygen atoms in total. The average Bonchev–Trinajstić information content (AvgIpc) is 2.94. The van der Waals surface area contributed by atoms with Gasteiger partial charge in [0.15, 0.2) is 0 Å². The van der Waals surface area contributed by atoms with Crippen LogP contribution in [0.1, 0.15) is 24.4 Å². The number of aromatic nitrogens is 1. The van der Waals surface area contributed by atoms with E-state index in [1.807, 2.05) is 12.3 Å². The largest absolute Gasteiger partial charge is 0.312 e. The highest BCUT2D eigenvalue weighted by molar-refractivity contribution is 8.00. The van der Waals surface area contributed by atoms with Crippen molar-refractivity contribution in [3.63, 3.8) is 0 Å². The lowest BCUT2D eigenvalue weighted by Gasteiger charge is -2.24. The zero-order chi connectivity index (χ0) is 12.4. The molecule has 1 aromatic heterocycles. The standard InChI is InChI=1S/C15H18N2S/c1-16-15(14-8-4-10-18-14)12-5-2-7-13-11(12)6-3-9-17-13/h2-3,5-7,9,14-16H,4,8,10H2,1H3. The minimum absolute atomic E-state index is 0.436. The number of hydrogen-bond acceptors (Lipinski definition) is 3. The Morgan fingerprint density at radius 1 is 1.33 bits per heavy atom. The lowest BCUT2D eigenvalue weighted by atomic mass is 9.97. The molecule has 1 saturated heterocycles. The van der Waals surface area contributed by atoms with Gasteiger partial charge in [-0.05, 0) is 43.3 Å². The van der Waals surface area contributed by atoms with Gasteiger partial charge in [-0.3, -0.25) is 4.98 Å². The molecular formula is C15H18N2S. The van der Waals surface area contributed by atoms with E-state index in [4.69, 9.17) is 0 Å². The fraction of sp³-hybridized carbons (Fsp3) is 0.400. The van der Waals surface area contributed by atoms with Crippen molar-refractivity contribution in [3.05, 3.63) is 42.1 Å². The third kappa shape index (κ3) is 2.13. The second-order valence-corrected chi connectivity index (χ2v) is 6.08. The van der Waals surface area contributed by atoms with E-state index in [9.17, 15) is 0 Å². The van der Waals surface area contributed by atoms with Crippen molar-refractivity contribution in [2.75, 3.05) is 12.8 Å². The SMILES string of the molecule is CNC(c1cccc2ncccc12)C1CCCS1. The quantitative estimate of drug-likeness (QED) is 0.913. The first-order valence-electron chi connectivity index (χ1n) is 6.52. The molecule has 0 amide bonds. The summed E-state index contributed by atoms with van der Waals surface area (Å²) in [5, 5.41) is 5.48. The van der Waals surface area contributed by atoms with E-state index < -0.39 is 0 Å². The van der Waals surface area contributed by atoms with Crippen LogP contribution in [0.3, 0.4) is 0 Å². The lowest BCUT2D eigenvalue weighted by molar-refractivity contribution is 0.555. The summed E-state index contributed by atoms with van der Waals surface area (Å²) < 4.78 is 0. The van der Waals surface area contributed by atoms with Crippen molar-refractivity contribution < 1.29 is 0 Å². The first kappa shape index (κ1) is 12.0. The number of rotatable bonds is 3. The number of hydrogen-bond donors (Lipinski definition) is 1. The molecule has 3 heteroatoms. The molecule has 0 radical (unpaired) electrons. The third-order valence-electron chi connectivity index (χ3n) is 3.66. The van der Waals surface area contributed by atoms with E-state index >= 15 is 0 Å². The minimum Gasteiger partial charge on any atom is -0.312 e. The second-order valence-electron chi connectivity index (χ2n) is 4.74. The van der Waals surface area contributed by atoms with Crippen LogP contribution in [0.25, 0.3) is 10.9 Å². The van der Waals surface area contributed by atoms with Gasteiger partial charge in [-0.2, -0.15) is 11.8 Å². The van der Waals surface area contributed by atoms with Gasteiger partial charge in [0.2, 0.25) is 0 Å². The number of fused-ring (bicyclic) bond motifs is 1.